The van der Waals surface area contributed by atoms with Gasteiger partial charge >= 0.3 is 0 Å². The lowest BCUT2D eigenvalue weighted by molar-refractivity contribution is 0.340. The molecule has 2 nitrogen and oxygen atoms in total. The summed E-state index contributed by atoms with van der Waals surface area (Å²) in [5.74, 6) is 0.885. The molecule has 0 aromatic heterocycles. The third-order valence-corrected chi connectivity index (χ3v) is 1.39. The minimum Gasteiger partial charge on any atom is -0.687 e. The van der Waals surface area contributed by atoms with Crippen LogP contribution in [0.2, 0.25) is 0 Å². The molecule has 0 saturated heterocycles. The van der Waals surface area contributed by atoms with Gasteiger partial charge in [0, 0.05) is 0 Å². The van der Waals surface area contributed by atoms with Gasteiger partial charge in [-0.25, -0.2) is 0 Å². The van der Waals surface area contributed by atoms with Gasteiger partial charge in [-0.3, -0.25) is 0 Å². The van der Waals surface area contributed by atoms with Crippen molar-refractivity contribution in [2.75, 3.05) is 13.7 Å². The number of nitrogens with zero attached hydrogens (tertiary/aromatic N) is 1. The standard InChI is InChI=1S/C9H12NO/c1-3-11-9-6-4-5-8(7-9)10-2/h4-7H,3H2,1-2H3/q-1. The Morgan fingerprint density at radius 1 is 1.45 bits per heavy atom. The van der Waals surface area contributed by atoms with Crippen LogP contribution in [0.1, 0.15) is 6.92 Å². The molecule has 0 saturated carbocycles. The van der Waals surface area contributed by atoms with Crippen LogP contribution in [-0.2, 0) is 0 Å². The van der Waals surface area contributed by atoms with Gasteiger partial charge in [-0.05, 0) is 19.1 Å². The first-order chi connectivity index (χ1) is 5.36. The van der Waals surface area contributed by atoms with Gasteiger partial charge in [0.25, 0.3) is 0 Å². The Morgan fingerprint density at radius 3 is 2.91 bits per heavy atom. The molecule has 0 aliphatic carbocycles. The van der Waals surface area contributed by atoms with Crippen LogP contribution in [-0.4, -0.2) is 13.7 Å². The number of ether oxygens (including phenoxy) is 1. The second-order valence-electron chi connectivity index (χ2n) is 2.15. The molecule has 0 amide bonds. The molecule has 0 bridgehead atoms. The van der Waals surface area contributed by atoms with E-state index in [1.807, 2.05) is 31.2 Å². The summed E-state index contributed by atoms with van der Waals surface area (Å²) >= 11 is 0. The number of rotatable bonds is 3. The van der Waals surface area contributed by atoms with Crippen molar-refractivity contribution in [3.05, 3.63) is 29.6 Å². The van der Waals surface area contributed by atoms with Crippen molar-refractivity contribution in [1.82, 2.24) is 0 Å². The fourth-order valence-electron chi connectivity index (χ4n) is 0.879. The van der Waals surface area contributed by atoms with Crippen LogP contribution in [0.15, 0.2) is 24.3 Å². The number of benzene rings is 1. The van der Waals surface area contributed by atoms with Crippen LogP contribution < -0.4 is 4.74 Å². The summed E-state index contributed by atoms with van der Waals surface area (Å²) in [6, 6.07) is 7.73. The molecule has 1 rings (SSSR count). The first-order valence-corrected chi connectivity index (χ1v) is 3.69. The van der Waals surface area contributed by atoms with Gasteiger partial charge in [-0.2, -0.15) is 0 Å². The maximum Gasteiger partial charge on any atom is 0.118 e. The molecule has 0 N–H and O–H groups in total. The normalized spacial score (nSPS) is 9.27. The van der Waals surface area contributed by atoms with E-state index < -0.39 is 0 Å². The van der Waals surface area contributed by atoms with Crippen molar-refractivity contribution in [2.24, 2.45) is 0 Å². The first kappa shape index (κ1) is 7.92. The topological polar surface area (TPSA) is 23.3 Å². The molecule has 60 valence electrons. The van der Waals surface area contributed by atoms with Crippen molar-refractivity contribution < 1.29 is 4.74 Å². The summed E-state index contributed by atoms with van der Waals surface area (Å²) in [6.45, 7) is 2.67. The van der Waals surface area contributed by atoms with Crippen LogP contribution in [0.3, 0.4) is 0 Å². The second kappa shape index (κ2) is 3.86. The Bertz CT molecular complexity index is 223. The predicted molar refractivity (Wildman–Crippen MR) is 46.6 cm³/mol. The van der Waals surface area contributed by atoms with E-state index in [2.05, 4.69) is 5.32 Å². The first-order valence-electron chi connectivity index (χ1n) is 3.69. The molecule has 2 heteroatoms. The van der Waals surface area contributed by atoms with E-state index in [0.29, 0.717) is 6.61 Å². The van der Waals surface area contributed by atoms with Crippen LogP contribution in [0.5, 0.6) is 5.75 Å². The third-order valence-electron chi connectivity index (χ3n) is 1.39. The van der Waals surface area contributed by atoms with Crippen LogP contribution >= 0.6 is 0 Å². The van der Waals surface area contributed by atoms with E-state index in [9.17, 15) is 0 Å². The lowest BCUT2D eigenvalue weighted by atomic mass is 10.3. The summed E-state index contributed by atoms with van der Waals surface area (Å²) in [6.07, 6.45) is 0. The van der Waals surface area contributed by atoms with Gasteiger partial charge in [0.2, 0.25) is 0 Å². The maximum absolute atomic E-state index is 5.29. The van der Waals surface area contributed by atoms with Gasteiger partial charge in [0.05, 0.1) is 6.61 Å². The fourth-order valence-corrected chi connectivity index (χ4v) is 0.879. The van der Waals surface area contributed by atoms with Crippen molar-refractivity contribution in [3.8, 4) is 5.75 Å². The zero-order valence-corrected chi connectivity index (χ0v) is 6.87. The minimum absolute atomic E-state index is 0.702. The van der Waals surface area contributed by atoms with Gasteiger partial charge in [-0.15, -0.1) is 12.7 Å². The molecular formula is C9H12NO-. The van der Waals surface area contributed by atoms with E-state index in [0.717, 1.165) is 11.4 Å². The van der Waals surface area contributed by atoms with Crippen molar-refractivity contribution >= 4 is 5.69 Å². The van der Waals surface area contributed by atoms with Gasteiger partial charge in [0.1, 0.15) is 5.75 Å². The largest absolute Gasteiger partial charge is 0.687 e. The van der Waals surface area contributed by atoms with Crippen LogP contribution in [0.4, 0.5) is 5.69 Å². The highest BCUT2D eigenvalue weighted by atomic mass is 16.5. The summed E-state index contributed by atoms with van der Waals surface area (Å²) < 4.78 is 5.29. The van der Waals surface area contributed by atoms with Crippen LogP contribution in [0, 0.1) is 0 Å². The monoisotopic (exact) mass is 150 g/mol. The minimum atomic E-state index is 0.702. The average Bonchev–Trinajstić information content (AvgIpc) is 2.06. The molecule has 0 atom stereocenters. The maximum atomic E-state index is 5.29. The molecule has 1 aromatic rings. The summed E-state index contributed by atoms with van der Waals surface area (Å²) in [5, 5.41) is 4.03. The quantitative estimate of drug-likeness (QED) is 0.649. The zero-order valence-electron chi connectivity index (χ0n) is 6.87. The molecule has 0 aliphatic heterocycles. The van der Waals surface area contributed by atoms with E-state index >= 15 is 0 Å². The molecule has 11 heavy (non-hydrogen) atoms. The lowest BCUT2D eigenvalue weighted by Gasteiger charge is -2.14. The highest BCUT2D eigenvalue weighted by Gasteiger charge is 1.87. The highest BCUT2D eigenvalue weighted by molar-refractivity contribution is 5.51. The molecule has 1 aromatic carbocycles. The van der Waals surface area contributed by atoms with Crippen molar-refractivity contribution in [3.63, 3.8) is 0 Å². The van der Waals surface area contributed by atoms with E-state index in [1.165, 1.54) is 0 Å². The Hall–Kier alpha value is -1.18. The van der Waals surface area contributed by atoms with Crippen LogP contribution in [0.25, 0.3) is 5.32 Å². The van der Waals surface area contributed by atoms with Crippen molar-refractivity contribution in [1.29, 1.82) is 0 Å². The molecule has 0 aliphatic rings. The molecule has 0 unspecified atom stereocenters. The predicted octanol–water partition coefficient (Wildman–Crippen LogP) is 2.72. The molecular weight excluding hydrogens is 138 g/mol. The molecule has 0 fully saturated rings. The van der Waals surface area contributed by atoms with Gasteiger partial charge < -0.3 is 10.1 Å². The van der Waals surface area contributed by atoms with E-state index in [-0.39, 0.29) is 0 Å². The Balaban J connectivity index is 2.74. The molecule has 0 spiro atoms. The molecule has 0 radical (unpaired) electrons. The summed E-state index contributed by atoms with van der Waals surface area (Å²) in [7, 11) is 1.77. The summed E-state index contributed by atoms with van der Waals surface area (Å²) in [4.78, 5) is 0. The Labute approximate surface area is 67.2 Å². The average molecular weight is 150 g/mol. The lowest BCUT2D eigenvalue weighted by Crippen LogP contribution is -1.89. The van der Waals surface area contributed by atoms with Gasteiger partial charge in [0.15, 0.2) is 0 Å². The Kier molecular flexibility index (Phi) is 2.78. The SMILES string of the molecule is CCOc1cccc([N-]C)c1. The Morgan fingerprint density at radius 2 is 2.27 bits per heavy atom. The number of hydrogen-bond donors (Lipinski definition) is 0. The summed E-state index contributed by atoms with van der Waals surface area (Å²) in [5.41, 5.74) is 0.955. The zero-order chi connectivity index (χ0) is 8.10. The fraction of sp³-hybridized carbons (Fsp3) is 0.333. The smallest absolute Gasteiger partial charge is 0.118 e. The van der Waals surface area contributed by atoms with E-state index in [4.69, 9.17) is 4.74 Å². The van der Waals surface area contributed by atoms with Gasteiger partial charge in [-0.1, -0.05) is 12.1 Å². The number of hydrogen-bond acceptors (Lipinski definition) is 1. The molecule has 0 heterocycles. The highest BCUT2D eigenvalue weighted by Crippen LogP contribution is 2.21. The van der Waals surface area contributed by atoms with Crippen molar-refractivity contribution in [2.45, 2.75) is 6.92 Å². The second-order valence-corrected chi connectivity index (χ2v) is 2.15. The van der Waals surface area contributed by atoms with E-state index in [1.54, 1.807) is 7.05 Å². The third kappa shape index (κ3) is 2.15.